The molecule has 1 aliphatic carbocycles. The van der Waals surface area contributed by atoms with Crippen LogP contribution in [0, 0.1) is 5.92 Å². The molecule has 94 valence electrons. The van der Waals surface area contributed by atoms with E-state index in [0.717, 1.165) is 31.2 Å². The largest absolute Gasteiger partial charge is 0.385 e. The van der Waals surface area contributed by atoms with Gasteiger partial charge in [-0.05, 0) is 37.1 Å². The zero-order chi connectivity index (χ0) is 12.5. The molecule has 2 rings (SSSR count). The summed E-state index contributed by atoms with van der Waals surface area (Å²) in [7, 11) is 0. The molecule has 1 aromatic carbocycles. The third kappa shape index (κ3) is 2.45. The van der Waals surface area contributed by atoms with Crippen LogP contribution in [0.25, 0.3) is 0 Å². The number of halogens is 2. The standard InChI is InChI=1S/C13H17Cl2NO/c14-11-5-4-9(7-12(11)15)13(17)6-2-1-3-10(13)8-16/h4-5,7,10,17H,1-3,6,8,16H2/t10-,13?/m1/s1. The molecule has 1 fully saturated rings. The highest BCUT2D eigenvalue weighted by molar-refractivity contribution is 6.42. The Kier molecular flexibility index (Phi) is 3.99. The van der Waals surface area contributed by atoms with Gasteiger partial charge in [0, 0.05) is 5.92 Å². The predicted octanol–water partition coefficient (Wildman–Crippen LogP) is 3.33. The van der Waals surface area contributed by atoms with Crippen molar-refractivity contribution in [3.05, 3.63) is 33.8 Å². The SMILES string of the molecule is NC[C@H]1CCCCC1(O)c1ccc(Cl)c(Cl)c1. The van der Waals surface area contributed by atoms with Crippen LogP contribution >= 0.6 is 23.2 Å². The first-order valence-corrected chi connectivity index (χ1v) is 6.71. The second-order valence-corrected chi connectivity index (χ2v) is 5.55. The van der Waals surface area contributed by atoms with Gasteiger partial charge in [0.25, 0.3) is 0 Å². The van der Waals surface area contributed by atoms with E-state index in [9.17, 15) is 5.11 Å². The molecule has 1 unspecified atom stereocenters. The monoisotopic (exact) mass is 273 g/mol. The molecule has 2 nitrogen and oxygen atoms in total. The van der Waals surface area contributed by atoms with Crippen molar-refractivity contribution in [1.82, 2.24) is 0 Å². The molecule has 2 atom stereocenters. The molecular formula is C13H17Cl2NO. The fourth-order valence-electron chi connectivity index (χ4n) is 2.69. The van der Waals surface area contributed by atoms with Gasteiger partial charge in [0.1, 0.15) is 0 Å². The zero-order valence-corrected chi connectivity index (χ0v) is 11.1. The summed E-state index contributed by atoms with van der Waals surface area (Å²) < 4.78 is 0. The van der Waals surface area contributed by atoms with Crippen LogP contribution < -0.4 is 5.73 Å². The minimum Gasteiger partial charge on any atom is -0.385 e. The van der Waals surface area contributed by atoms with Crippen molar-refractivity contribution in [1.29, 1.82) is 0 Å². The van der Waals surface area contributed by atoms with Crippen LogP contribution in [0.1, 0.15) is 31.2 Å². The minimum absolute atomic E-state index is 0.105. The van der Waals surface area contributed by atoms with E-state index in [4.69, 9.17) is 28.9 Å². The zero-order valence-electron chi connectivity index (χ0n) is 9.63. The summed E-state index contributed by atoms with van der Waals surface area (Å²) in [6, 6.07) is 5.35. The van der Waals surface area contributed by atoms with Gasteiger partial charge in [0.15, 0.2) is 0 Å². The average molecular weight is 274 g/mol. The third-order valence-electron chi connectivity index (χ3n) is 3.74. The molecule has 4 heteroatoms. The summed E-state index contributed by atoms with van der Waals surface area (Å²) in [5, 5.41) is 11.8. The minimum atomic E-state index is -0.846. The van der Waals surface area contributed by atoms with E-state index < -0.39 is 5.60 Å². The molecule has 3 N–H and O–H groups in total. The van der Waals surface area contributed by atoms with Crippen LogP contribution in [0.2, 0.25) is 10.0 Å². The molecule has 0 saturated heterocycles. The van der Waals surface area contributed by atoms with Gasteiger partial charge in [-0.15, -0.1) is 0 Å². The molecule has 0 heterocycles. The second-order valence-electron chi connectivity index (χ2n) is 4.73. The Morgan fingerprint density at radius 3 is 2.71 bits per heavy atom. The maximum absolute atomic E-state index is 10.8. The van der Waals surface area contributed by atoms with E-state index in [1.165, 1.54) is 0 Å². The summed E-state index contributed by atoms with van der Waals surface area (Å²) in [5.41, 5.74) is 5.75. The van der Waals surface area contributed by atoms with Crippen molar-refractivity contribution in [2.45, 2.75) is 31.3 Å². The van der Waals surface area contributed by atoms with Gasteiger partial charge in [-0.2, -0.15) is 0 Å². The molecule has 1 aliphatic rings. The van der Waals surface area contributed by atoms with E-state index in [1.807, 2.05) is 6.07 Å². The highest BCUT2D eigenvalue weighted by Gasteiger charge is 2.39. The molecule has 0 radical (unpaired) electrons. The summed E-state index contributed by atoms with van der Waals surface area (Å²) in [5.74, 6) is 0.105. The van der Waals surface area contributed by atoms with Crippen LogP contribution in [0.15, 0.2) is 18.2 Å². The molecule has 0 spiro atoms. The fraction of sp³-hybridized carbons (Fsp3) is 0.538. The summed E-state index contributed by atoms with van der Waals surface area (Å²) in [6.45, 7) is 0.497. The first-order valence-electron chi connectivity index (χ1n) is 5.96. The molecule has 17 heavy (non-hydrogen) atoms. The Balaban J connectivity index is 2.37. The molecular weight excluding hydrogens is 257 g/mol. The second kappa shape index (κ2) is 5.15. The Labute approximate surface area is 112 Å². The van der Waals surface area contributed by atoms with Crippen molar-refractivity contribution in [3.8, 4) is 0 Å². The molecule has 0 aromatic heterocycles. The van der Waals surface area contributed by atoms with Gasteiger partial charge in [-0.1, -0.05) is 42.1 Å². The number of hydrogen-bond donors (Lipinski definition) is 2. The summed E-state index contributed by atoms with van der Waals surface area (Å²) in [6.07, 6.45) is 3.86. The molecule has 1 aromatic rings. The fourth-order valence-corrected chi connectivity index (χ4v) is 2.98. The van der Waals surface area contributed by atoms with E-state index in [2.05, 4.69) is 0 Å². The van der Waals surface area contributed by atoms with Crippen LogP contribution in [0.5, 0.6) is 0 Å². The van der Waals surface area contributed by atoms with Crippen LogP contribution in [-0.2, 0) is 5.60 Å². The summed E-state index contributed by atoms with van der Waals surface area (Å²) in [4.78, 5) is 0. The Hall–Kier alpha value is -0.280. The Morgan fingerprint density at radius 2 is 2.06 bits per heavy atom. The van der Waals surface area contributed by atoms with Gasteiger partial charge < -0.3 is 10.8 Å². The normalized spacial score (nSPS) is 29.3. The van der Waals surface area contributed by atoms with Gasteiger partial charge in [0.05, 0.1) is 15.6 Å². The predicted molar refractivity (Wildman–Crippen MR) is 71.4 cm³/mol. The maximum atomic E-state index is 10.8. The molecule has 1 saturated carbocycles. The van der Waals surface area contributed by atoms with Gasteiger partial charge in [-0.25, -0.2) is 0 Å². The van der Waals surface area contributed by atoms with E-state index in [0.29, 0.717) is 16.6 Å². The van der Waals surface area contributed by atoms with E-state index in [-0.39, 0.29) is 5.92 Å². The lowest BCUT2D eigenvalue weighted by atomic mass is 9.71. The molecule has 0 bridgehead atoms. The quantitative estimate of drug-likeness (QED) is 0.868. The van der Waals surface area contributed by atoms with Gasteiger partial charge in [-0.3, -0.25) is 0 Å². The number of hydrogen-bond acceptors (Lipinski definition) is 2. The lowest BCUT2D eigenvalue weighted by Gasteiger charge is -2.40. The van der Waals surface area contributed by atoms with Crippen molar-refractivity contribution < 1.29 is 5.11 Å². The lowest BCUT2D eigenvalue weighted by Crippen LogP contribution is -2.41. The third-order valence-corrected chi connectivity index (χ3v) is 4.48. The topological polar surface area (TPSA) is 46.2 Å². The first-order chi connectivity index (χ1) is 8.08. The Bertz CT molecular complexity index is 410. The number of aliphatic hydroxyl groups is 1. The van der Waals surface area contributed by atoms with Crippen LogP contribution in [-0.4, -0.2) is 11.7 Å². The average Bonchev–Trinajstić information content (AvgIpc) is 2.33. The van der Waals surface area contributed by atoms with Crippen molar-refractivity contribution in [3.63, 3.8) is 0 Å². The number of benzene rings is 1. The van der Waals surface area contributed by atoms with Crippen LogP contribution in [0.3, 0.4) is 0 Å². The Morgan fingerprint density at radius 1 is 1.29 bits per heavy atom. The van der Waals surface area contributed by atoms with E-state index >= 15 is 0 Å². The summed E-state index contributed by atoms with van der Waals surface area (Å²) >= 11 is 11.9. The van der Waals surface area contributed by atoms with Crippen molar-refractivity contribution in [2.75, 3.05) is 6.54 Å². The number of nitrogens with two attached hydrogens (primary N) is 1. The molecule has 0 aliphatic heterocycles. The lowest BCUT2D eigenvalue weighted by molar-refractivity contribution is -0.0506. The smallest absolute Gasteiger partial charge is 0.0937 e. The van der Waals surface area contributed by atoms with Crippen molar-refractivity contribution in [2.24, 2.45) is 11.7 Å². The first kappa shape index (κ1) is 13.2. The van der Waals surface area contributed by atoms with Crippen LogP contribution in [0.4, 0.5) is 0 Å². The van der Waals surface area contributed by atoms with Gasteiger partial charge in [0.2, 0.25) is 0 Å². The number of rotatable bonds is 2. The maximum Gasteiger partial charge on any atom is 0.0937 e. The van der Waals surface area contributed by atoms with Gasteiger partial charge >= 0.3 is 0 Å². The highest BCUT2D eigenvalue weighted by atomic mass is 35.5. The highest BCUT2D eigenvalue weighted by Crippen LogP contribution is 2.42. The molecule has 0 amide bonds. The van der Waals surface area contributed by atoms with Crippen molar-refractivity contribution >= 4 is 23.2 Å². The van der Waals surface area contributed by atoms with E-state index in [1.54, 1.807) is 12.1 Å².